The van der Waals surface area contributed by atoms with Crippen LogP contribution in [0.2, 0.25) is 0 Å². The second-order valence-corrected chi connectivity index (χ2v) is 5.44. The molecular weight excluding hydrogens is 226 g/mol. The molecule has 0 bridgehead atoms. The van der Waals surface area contributed by atoms with Crippen molar-refractivity contribution in [3.05, 3.63) is 18.0 Å². The summed E-state index contributed by atoms with van der Waals surface area (Å²) in [5, 5.41) is 0. The van der Waals surface area contributed by atoms with Crippen molar-refractivity contribution >= 4 is 10.0 Å². The van der Waals surface area contributed by atoms with Crippen LogP contribution in [-0.2, 0) is 16.6 Å². The molecule has 0 aliphatic heterocycles. The van der Waals surface area contributed by atoms with Crippen LogP contribution in [0.3, 0.4) is 0 Å². The molecule has 0 fully saturated rings. The molecule has 5 nitrogen and oxygen atoms in total. The second kappa shape index (κ2) is 6.03. The molecule has 0 spiro atoms. The fourth-order valence-electron chi connectivity index (χ4n) is 1.36. The molecule has 0 amide bonds. The molecule has 92 valence electrons. The molecule has 0 unspecified atom stereocenters. The first-order valence-corrected chi connectivity index (χ1v) is 6.95. The Labute approximate surface area is 96.5 Å². The second-order valence-electron chi connectivity index (χ2n) is 3.67. The number of rotatable bonds is 7. The minimum Gasteiger partial charge on any atom is -0.363 e. The van der Waals surface area contributed by atoms with Gasteiger partial charge in [0.15, 0.2) is 0 Å². The standard InChI is InChI=1S/C10H19N3O2S/c1-2-3-4-5-13-16(14,15)10-6-9(7-11)12-8-10/h6,8,12-13H,2-5,7,11H2,1H3. The van der Waals surface area contributed by atoms with Gasteiger partial charge >= 0.3 is 0 Å². The smallest absolute Gasteiger partial charge is 0.242 e. The maximum absolute atomic E-state index is 11.8. The van der Waals surface area contributed by atoms with Gasteiger partial charge in [0.25, 0.3) is 0 Å². The first-order chi connectivity index (χ1) is 7.60. The van der Waals surface area contributed by atoms with Crippen molar-refractivity contribution in [2.75, 3.05) is 6.54 Å². The molecule has 6 heteroatoms. The molecule has 1 aromatic heterocycles. The van der Waals surface area contributed by atoms with Gasteiger partial charge < -0.3 is 10.7 Å². The monoisotopic (exact) mass is 245 g/mol. The highest BCUT2D eigenvalue weighted by Gasteiger charge is 2.14. The molecule has 0 aliphatic carbocycles. The van der Waals surface area contributed by atoms with Crippen LogP contribution in [0.5, 0.6) is 0 Å². The van der Waals surface area contributed by atoms with Crippen LogP contribution in [0.15, 0.2) is 17.2 Å². The maximum Gasteiger partial charge on any atom is 0.242 e. The SMILES string of the molecule is CCCCCNS(=O)(=O)c1c[nH]c(CN)c1. The zero-order valence-electron chi connectivity index (χ0n) is 9.49. The molecule has 0 saturated carbocycles. The molecule has 1 heterocycles. The average Bonchev–Trinajstić information content (AvgIpc) is 2.73. The molecular formula is C10H19N3O2S. The van der Waals surface area contributed by atoms with Gasteiger partial charge in [-0.25, -0.2) is 13.1 Å². The lowest BCUT2D eigenvalue weighted by atomic mass is 10.3. The van der Waals surface area contributed by atoms with Gasteiger partial charge in [-0.15, -0.1) is 0 Å². The normalized spacial score (nSPS) is 11.9. The van der Waals surface area contributed by atoms with Gasteiger partial charge in [-0.05, 0) is 12.5 Å². The van der Waals surface area contributed by atoms with Gasteiger partial charge in [-0.1, -0.05) is 19.8 Å². The average molecular weight is 245 g/mol. The lowest BCUT2D eigenvalue weighted by Crippen LogP contribution is -2.24. The van der Waals surface area contributed by atoms with E-state index in [1.54, 1.807) is 6.07 Å². The number of nitrogens with one attached hydrogen (secondary N) is 2. The zero-order valence-corrected chi connectivity index (χ0v) is 10.3. The van der Waals surface area contributed by atoms with Crippen molar-refractivity contribution in [2.24, 2.45) is 5.73 Å². The number of hydrogen-bond donors (Lipinski definition) is 3. The first-order valence-electron chi connectivity index (χ1n) is 5.47. The fourth-order valence-corrected chi connectivity index (χ4v) is 2.45. The van der Waals surface area contributed by atoms with Crippen molar-refractivity contribution in [1.82, 2.24) is 9.71 Å². The van der Waals surface area contributed by atoms with E-state index in [1.165, 1.54) is 6.20 Å². The van der Waals surface area contributed by atoms with Crippen molar-refractivity contribution < 1.29 is 8.42 Å². The summed E-state index contributed by atoms with van der Waals surface area (Å²) in [6, 6.07) is 1.56. The van der Waals surface area contributed by atoms with Gasteiger partial charge in [0.05, 0.1) is 4.90 Å². The highest BCUT2D eigenvalue weighted by atomic mass is 32.2. The summed E-state index contributed by atoms with van der Waals surface area (Å²) in [6.07, 6.45) is 4.43. The number of H-pyrrole nitrogens is 1. The van der Waals surface area contributed by atoms with E-state index in [0.29, 0.717) is 18.8 Å². The Morgan fingerprint density at radius 2 is 2.19 bits per heavy atom. The van der Waals surface area contributed by atoms with Gasteiger partial charge in [-0.3, -0.25) is 0 Å². The molecule has 16 heavy (non-hydrogen) atoms. The van der Waals surface area contributed by atoms with Crippen LogP contribution >= 0.6 is 0 Å². The summed E-state index contributed by atoms with van der Waals surface area (Å²) in [5.41, 5.74) is 6.12. The third kappa shape index (κ3) is 3.62. The molecule has 0 radical (unpaired) electrons. The zero-order chi connectivity index (χ0) is 12.0. The molecule has 1 aromatic rings. The minimum atomic E-state index is -3.37. The summed E-state index contributed by atoms with van der Waals surface area (Å²) >= 11 is 0. The predicted octanol–water partition coefficient (Wildman–Crippen LogP) is 0.942. The van der Waals surface area contributed by atoms with E-state index < -0.39 is 10.0 Å². The van der Waals surface area contributed by atoms with Crippen LogP contribution in [-0.4, -0.2) is 19.9 Å². The van der Waals surface area contributed by atoms with Crippen molar-refractivity contribution in [1.29, 1.82) is 0 Å². The molecule has 1 rings (SSSR count). The summed E-state index contributed by atoms with van der Waals surface area (Å²) in [5.74, 6) is 0. The van der Waals surface area contributed by atoms with E-state index in [1.807, 2.05) is 0 Å². The van der Waals surface area contributed by atoms with E-state index in [9.17, 15) is 8.42 Å². The highest BCUT2D eigenvalue weighted by Crippen LogP contribution is 2.10. The van der Waals surface area contributed by atoms with Gasteiger partial charge in [-0.2, -0.15) is 0 Å². The summed E-state index contributed by atoms with van der Waals surface area (Å²) in [6.45, 7) is 2.87. The quantitative estimate of drug-likeness (QED) is 0.625. The fraction of sp³-hybridized carbons (Fsp3) is 0.600. The minimum absolute atomic E-state index is 0.254. The van der Waals surface area contributed by atoms with Crippen LogP contribution < -0.4 is 10.5 Å². The third-order valence-electron chi connectivity index (χ3n) is 2.32. The van der Waals surface area contributed by atoms with E-state index in [-0.39, 0.29) is 4.90 Å². The third-order valence-corrected chi connectivity index (χ3v) is 3.76. The number of nitrogens with two attached hydrogens (primary N) is 1. The Bertz CT molecular complexity index is 411. The van der Waals surface area contributed by atoms with Gasteiger partial charge in [0.1, 0.15) is 0 Å². The van der Waals surface area contributed by atoms with Crippen LogP contribution in [0.4, 0.5) is 0 Å². The van der Waals surface area contributed by atoms with Crippen molar-refractivity contribution in [3.63, 3.8) is 0 Å². The predicted molar refractivity (Wildman–Crippen MR) is 63.4 cm³/mol. The highest BCUT2D eigenvalue weighted by molar-refractivity contribution is 7.89. The van der Waals surface area contributed by atoms with Crippen molar-refractivity contribution in [3.8, 4) is 0 Å². The van der Waals surface area contributed by atoms with Crippen molar-refractivity contribution in [2.45, 2.75) is 37.6 Å². The number of hydrogen-bond acceptors (Lipinski definition) is 3. The summed E-state index contributed by atoms with van der Waals surface area (Å²) in [7, 11) is -3.37. The molecule has 0 aromatic carbocycles. The lowest BCUT2D eigenvalue weighted by molar-refractivity contribution is 0.576. The summed E-state index contributed by atoms with van der Waals surface area (Å²) in [4.78, 5) is 3.07. The van der Waals surface area contributed by atoms with Gasteiger partial charge in [0.2, 0.25) is 10.0 Å². The Hall–Kier alpha value is -0.850. The number of sulfonamides is 1. The molecule has 4 N–H and O–H groups in total. The topological polar surface area (TPSA) is 88.0 Å². The number of aromatic nitrogens is 1. The first kappa shape index (κ1) is 13.2. The maximum atomic E-state index is 11.8. The Balaban J connectivity index is 2.56. The van der Waals surface area contributed by atoms with E-state index in [0.717, 1.165) is 19.3 Å². The molecule has 0 aliphatic rings. The van der Waals surface area contributed by atoms with Gasteiger partial charge in [0, 0.05) is 25.0 Å². The Kier molecular flexibility index (Phi) is 4.98. The van der Waals surface area contributed by atoms with E-state index >= 15 is 0 Å². The Morgan fingerprint density at radius 1 is 1.44 bits per heavy atom. The number of unbranched alkanes of at least 4 members (excludes halogenated alkanes) is 2. The van der Waals surface area contributed by atoms with E-state index in [4.69, 9.17) is 5.73 Å². The lowest BCUT2D eigenvalue weighted by Gasteiger charge is -2.03. The largest absolute Gasteiger partial charge is 0.363 e. The molecule has 0 atom stereocenters. The van der Waals surface area contributed by atoms with Crippen LogP contribution in [0.1, 0.15) is 31.9 Å². The molecule has 0 saturated heterocycles. The summed E-state index contributed by atoms with van der Waals surface area (Å²) < 4.78 is 26.1. The van der Waals surface area contributed by atoms with Crippen LogP contribution in [0, 0.1) is 0 Å². The van der Waals surface area contributed by atoms with E-state index in [2.05, 4.69) is 16.6 Å². The van der Waals surface area contributed by atoms with Crippen LogP contribution in [0.25, 0.3) is 0 Å². The Morgan fingerprint density at radius 3 is 2.75 bits per heavy atom. The number of aromatic amines is 1.